The van der Waals surface area contributed by atoms with Crippen LogP contribution in [0.5, 0.6) is 0 Å². The fourth-order valence-corrected chi connectivity index (χ4v) is 2.30. The van der Waals surface area contributed by atoms with Crippen LogP contribution in [0.3, 0.4) is 0 Å². The molecule has 0 unspecified atom stereocenters. The lowest BCUT2D eigenvalue weighted by atomic mass is 10.2. The topological polar surface area (TPSA) is 27.6 Å². The lowest BCUT2D eigenvalue weighted by Crippen LogP contribution is -2.27. The van der Waals surface area contributed by atoms with Gasteiger partial charge in [-0.05, 0) is 26.7 Å². The van der Waals surface area contributed by atoms with Crippen molar-refractivity contribution in [3.8, 4) is 0 Å². The van der Waals surface area contributed by atoms with E-state index in [1.54, 1.807) is 0 Å². The van der Waals surface area contributed by atoms with Gasteiger partial charge in [0.05, 0.1) is 18.0 Å². The third-order valence-corrected chi connectivity index (χ3v) is 2.97. The number of rotatable bonds is 1. The second-order valence-electron chi connectivity index (χ2n) is 4.06. The number of hydrogen-bond donors (Lipinski definition) is 1. The van der Waals surface area contributed by atoms with Gasteiger partial charge in [0.15, 0.2) is 0 Å². The van der Waals surface area contributed by atoms with Crippen LogP contribution in [0.15, 0.2) is 16.4 Å². The average Bonchev–Trinajstić information content (AvgIpc) is 2.61. The van der Waals surface area contributed by atoms with Gasteiger partial charge in [-0.3, -0.25) is 4.99 Å². The minimum absolute atomic E-state index is 0.903. The smallest absolute Gasteiger partial charge is 0.0767 e. The fourth-order valence-electron chi connectivity index (χ4n) is 2.30. The normalized spacial score (nSPS) is 23.3. The maximum Gasteiger partial charge on any atom is 0.0767 e. The Hall–Kier alpha value is -0.990. The van der Waals surface area contributed by atoms with Gasteiger partial charge >= 0.3 is 0 Å². The Morgan fingerprint density at radius 1 is 1.21 bits per heavy atom. The van der Waals surface area contributed by atoms with E-state index in [-0.39, 0.29) is 0 Å². The molecule has 0 aromatic carbocycles. The second-order valence-corrected chi connectivity index (χ2v) is 4.06. The molecule has 78 valence electrons. The van der Waals surface area contributed by atoms with Crippen molar-refractivity contribution >= 4 is 5.71 Å². The molecule has 3 heteroatoms. The minimum Gasteiger partial charge on any atom is -0.385 e. The van der Waals surface area contributed by atoms with Gasteiger partial charge in [-0.25, -0.2) is 0 Å². The molecule has 1 fully saturated rings. The SMILES string of the molecule is CC1=NCCNC(C)=C1N1CCCC1. The van der Waals surface area contributed by atoms with E-state index in [0.717, 1.165) is 13.1 Å². The fraction of sp³-hybridized carbons (Fsp3) is 0.727. The molecule has 0 aromatic heterocycles. The first-order valence-electron chi connectivity index (χ1n) is 5.50. The molecule has 2 rings (SSSR count). The van der Waals surface area contributed by atoms with Crippen LogP contribution in [0.4, 0.5) is 0 Å². The highest BCUT2D eigenvalue weighted by atomic mass is 15.2. The molecule has 0 bridgehead atoms. The zero-order valence-electron chi connectivity index (χ0n) is 9.14. The van der Waals surface area contributed by atoms with Crippen LogP contribution < -0.4 is 5.32 Å². The highest BCUT2D eigenvalue weighted by molar-refractivity contribution is 5.98. The molecule has 0 aliphatic carbocycles. The first-order chi connectivity index (χ1) is 6.79. The van der Waals surface area contributed by atoms with E-state index in [1.807, 2.05) is 0 Å². The second kappa shape index (κ2) is 4.03. The van der Waals surface area contributed by atoms with E-state index in [0.29, 0.717) is 0 Å². The number of hydrogen-bond acceptors (Lipinski definition) is 3. The first-order valence-corrected chi connectivity index (χ1v) is 5.50. The third-order valence-electron chi connectivity index (χ3n) is 2.97. The third kappa shape index (κ3) is 1.76. The van der Waals surface area contributed by atoms with Crippen molar-refractivity contribution in [2.45, 2.75) is 26.7 Å². The summed E-state index contributed by atoms with van der Waals surface area (Å²) in [5, 5.41) is 3.43. The molecule has 0 atom stereocenters. The van der Waals surface area contributed by atoms with E-state index in [1.165, 1.54) is 43.0 Å². The van der Waals surface area contributed by atoms with E-state index in [2.05, 4.69) is 29.1 Å². The summed E-state index contributed by atoms with van der Waals surface area (Å²) < 4.78 is 0. The van der Waals surface area contributed by atoms with Crippen molar-refractivity contribution in [3.05, 3.63) is 11.4 Å². The van der Waals surface area contributed by atoms with Crippen LogP contribution in [0.2, 0.25) is 0 Å². The van der Waals surface area contributed by atoms with Crippen LogP contribution in [0.1, 0.15) is 26.7 Å². The van der Waals surface area contributed by atoms with Gasteiger partial charge in [-0.15, -0.1) is 0 Å². The Labute approximate surface area is 85.9 Å². The minimum atomic E-state index is 0.903. The highest BCUT2D eigenvalue weighted by Gasteiger charge is 2.20. The summed E-state index contributed by atoms with van der Waals surface area (Å²) in [5.74, 6) is 0. The van der Waals surface area contributed by atoms with Gasteiger partial charge in [0.1, 0.15) is 0 Å². The Balaban J connectivity index is 2.25. The van der Waals surface area contributed by atoms with Gasteiger partial charge in [0, 0.05) is 25.3 Å². The predicted molar refractivity (Wildman–Crippen MR) is 59.5 cm³/mol. The summed E-state index contributed by atoms with van der Waals surface area (Å²) in [6, 6.07) is 0. The number of likely N-dealkylation sites (tertiary alicyclic amines) is 1. The van der Waals surface area contributed by atoms with Crippen molar-refractivity contribution in [1.29, 1.82) is 0 Å². The largest absolute Gasteiger partial charge is 0.385 e. The molecule has 2 aliphatic rings. The van der Waals surface area contributed by atoms with Gasteiger partial charge in [0.2, 0.25) is 0 Å². The van der Waals surface area contributed by atoms with Crippen molar-refractivity contribution in [2.75, 3.05) is 26.2 Å². The molecule has 0 amide bonds. The van der Waals surface area contributed by atoms with Crippen molar-refractivity contribution in [1.82, 2.24) is 10.2 Å². The number of nitrogens with zero attached hydrogens (tertiary/aromatic N) is 2. The van der Waals surface area contributed by atoms with E-state index in [9.17, 15) is 0 Å². The van der Waals surface area contributed by atoms with Crippen LogP contribution in [-0.4, -0.2) is 36.8 Å². The molecule has 0 spiro atoms. The van der Waals surface area contributed by atoms with E-state index < -0.39 is 0 Å². The maximum absolute atomic E-state index is 4.55. The molecule has 0 saturated carbocycles. The average molecular weight is 193 g/mol. The van der Waals surface area contributed by atoms with Gasteiger partial charge < -0.3 is 10.2 Å². The highest BCUT2D eigenvalue weighted by Crippen LogP contribution is 2.19. The summed E-state index contributed by atoms with van der Waals surface area (Å²) in [7, 11) is 0. The maximum atomic E-state index is 4.55. The lowest BCUT2D eigenvalue weighted by Gasteiger charge is -2.23. The quantitative estimate of drug-likeness (QED) is 0.681. The van der Waals surface area contributed by atoms with Gasteiger partial charge in [0.25, 0.3) is 0 Å². The molecule has 1 N–H and O–H groups in total. The lowest BCUT2D eigenvalue weighted by molar-refractivity contribution is 0.440. The zero-order valence-corrected chi connectivity index (χ0v) is 9.14. The molecular weight excluding hydrogens is 174 g/mol. The molecule has 3 nitrogen and oxygen atoms in total. The summed E-state index contributed by atoms with van der Waals surface area (Å²) in [6.45, 7) is 8.56. The zero-order chi connectivity index (χ0) is 9.97. The van der Waals surface area contributed by atoms with Crippen molar-refractivity contribution in [2.24, 2.45) is 4.99 Å². The van der Waals surface area contributed by atoms with Crippen LogP contribution in [0.25, 0.3) is 0 Å². The molecule has 2 heterocycles. The molecule has 0 radical (unpaired) electrons. The first kappa shape index (κ1) is 9.56. The summed E-state index contributed by atoms with van der Waals surface area (Å²) in [6.07, 6.45) is 2.65. The summed E-state index contributed by atoms with van der Waals surface area (Å²) in [4.78, 5) is 7.02. The van der Waals surface area contributed by atoms with Crippen molar-refractivity contribution < 1.29 is 0 Å². The monoisotopic (exact) mass is 193 g/mol. The molecule has 0 aromatic rings. The van der Waals surface area contributed by atoms with Crippen molar-refractivity contribution in [3.63, 3.8) is 0 Å². The molecule has 14 heavy (non-hydrogen) atoms. The Kier molecular flexibility index (Phi) is 2.75. The number of aliphatic imine (C=N–C) groups is 1. The molecule has 2 aliphatic heterocycles. The summed E-state index contributed by atoms with van der Waals surface area (Å²) >= 11 is 0. The summed E-state index contributed by atoms with van der Waals surface area (Å²) in [5.41, 5.74) is 3.85. The van der Waals surface area contributed by atoms with Crippen LogP contribution >= 0.6 is 0 Å². The van der Waals surface area contributed by atoms with Crippen LogP contribution in [-0.2, 0) is 0 Å². The molecule has 1 saturated heterocycles. The number of allylic oxidation sites excluding steroid dienone is 2. The predicted octanol–water partition coefficient (Wildman–Crippen LogP) is 1.38. The van der Waals surface area contributed by atoms with E-state index >= 15 is 0 Å². The standard InChI is InChI=1S/C11H19N3/c1-9-11(14-7-3-4-8-14)10(2)13-6-5-12-9/h12H,3-8H2,1-2H3. The molecular formula is C11H19N3. The Morgan fingerprint density at radius 2 is 1.93 bits per heavy atom. The van der Waals surface area contributed by atoms with E-state index in [4.69, 9.17) is 0 Å². The Morgan fingerprint density at radius 3 is 2.64 bits per heavy atom. The Bertz CT molecular complexity index is 272. The van der Waals surface area contributed by atoms with Crippen LogP contribution in [0, 0.1) is 0 Å². The van der Waals surface area contributed by atoms with Gasteiger partial charge in [-0.2, -0.15) is 0 Å². The van der Waals surface area contributed by atoms with Gasteiger partial charge in [-0.1, -0.05) is 0 Å². The number of nitrogens with one attached hydrogen (secondary N) is 1.